The minimum absolute atomic E-state index is 0. The van der Waals surface area contributed by atoms with Crippen molar-refractivity contribution in [2.45, 2.75) is 19.6 Å². The summed E-state index contributed by atoms with van der Waals surface area (Å²) in [6, 6.07) is 7.01. The second-order valence-electron chi connectivity index (χ2n) is 4.50. The van der Waals surface area contributed by atoms with Crippen molar-refractivity contribution in [2.75, 3.05) is 0 Å². The third-order valence-corrected chi connectivity index (χ3v) is 3.22. The van der Waals surface area contributed by atoms with Crippen molar-refractivity contribution in [3.05, 3.63) is 48.3 Å². The van der Waals surface area contributed by atoms with Crippen molar-refractivity contribution in [3.8, 4) is 11.3 Å². The van der Waals surface area contributed by atoms with Gasteiger partial charge in [-0.05, 0) is 19.1 Å². The lowest BCUT2D eigenvalue weighted by Crippen LogP contribution is -2.04. The third kappa shape index (κ3) is 2.76. The molecule has 1 aromatic carbocycles. The smallest absolute Gasteiger partial charge is 0.332 e. The average molecular weight is 316 g/mol. The van der Waals surface area contributed by atoms with Crippen LogP contribution in [-0.4, -0.2) is 14.2 Å². The van der Waals surface area contributed by atoms with E-state index in [1.165, 1.54) is 6.07 Å². The van der Waals surface area contributed by atoms with Crippen LogP contribution in [0.15, 0.2) is 42.7 Å². The first-order valence-electron chi connectivity index (χ1n) is 6.21. The standard InChI is InChI=1S/C14H12F3N3.ClH/c1-2-19-6-7-20-13(19)9-12(18-20)10-4-3-5-11(8-10)14(15,16)17;/h3-9H,2H2,1H3;1H. The molecule has 0 atom stereocenters. The van der Waals surface area contributed by atoms with Crippen LogP contribution in [0.25, 0.3) is 16.9 Å². The highest BCUT2D eigenvalue weighted by Gasteiger charge is 2.30. The van der Waals surface area contributed by atoms with Gasteiger partial charge in [0.25, 0.3) is 0 Å². The Hall–Kier alpha value is -1.95. The highest BCUT2D eigenvalue weighted by Crippen LogP contribution is 2.32. The maximum absolute atomic E-state index is 12.7. The van der Waals surface area contributed by atoms with E-state index in [1.807, 2.05) is 17.7 Å². The highest BCUT2D eigenvalue weighted by atomic mass is 35.5. The molecule has 3 rings (SSSR count). The number of aryl methyl sites for hydroxylation is 1. The molecule has 112 valence electrons. The van der Waals surface area contributed by atoms with E-state index in [9.17, 15) is 13.2 Å². The molecule has 3 aromatic rings. The number of fused-ring (bicyclic) bond motifs is 1. The van der Waals surface area contributed by atoms with E-state index >= 15 is 0 Å². The largest absolute Gasteiger partial charge is 0.416 e. The van der Waals surface area contributed by atoms with Gasteiger partial charge in [0.05, 0.1) is 11.3 Å². The molecule has 21 heavy (non-hydrogen) atoms. The van der Waals surface area contributed by atoms with Gasteiger partial charge in [-0.25, -0.2) is 4.52 Å². The Morgan fingerprint density at radius 1 is 1.14 bits per heavy atom. The number of alkyl halides is 3. The van der Waals surface area contributed by atoms with Crippen LogP contribution in [0.5, 0.6) is 0 Å². The number of aromatic nitrogens is 3. The summed E-state index contributed by atoms with van der Waals surface area (Å²) in [6.45, 7) is 2.78. The van der Waals surface area contributed by atoms with Gasteiger partial charge in [-0.2, -0.15) is 18.3 Å². The minimum Gasteiger partial charge on any atom is -0.332 e. The number of halogens is 4. The quantitative estimate of drug-likeness (QED) is 0.692. The predicted octanol–water partition coefficient (Wildman–Crippen LogP) is 4.26. The van der Waals surface area contributed by atoms with Gasteiger partial charge in [0.2, 0.25) is 0 Å². The lowest BCUT2D eigenvalue weighted by molar-refractivity contribution is -0.137. The fraction of sp³-hybridized carbons (Fsp3) is 0.214. The molecule has 0 saturated carbocycles. The molecule has 7 heteroatoms. The lowest BCUT2D eigenvalue weighted by atomic mass is 10.1. The lowest BCUT2D eigenvalue weighted by Gasteiger charge is -2.07. The molecule has 0 amide bonds. The molecule has 0 aliphatic heterocycles. The zero-order valence-corrected chi connectivity index (χ0v) is 11.9. The van der Waals surface area contributed by atoms with E-state index in [2.05, 4.69) is 5.10 Å². The first-order valence-corrected chi connectivity index (χ1v) is 6.21. The Labute approximate surface area is 125 Å². The Kier molecular flexibility index (Phi) is 4.00. The Bertz CT molecular complexity index is 758. The summed E-state index contributed by atoms with van der Waals surface area (Å²) < 4.78 is 41.8. The zero-order chi connectivity index (χ0) is 14.3. The van der Waals surface area contributed by atoms with Crippen LogP contribution in [-0.2, 0) is 12.7 Å². The predicted molar refractivity (Wildman–Crippen MR) is 76.5 cm³/mol. The van der Waals surface area contributed by atoms with Crippen LogP contribution < -0.4 is 0 Å². The molecule has 0 aliphatic carbocycles. The molecule has 2 heterocycles. The van der Waals surface area contributed by atoms with E-state index in [1.54, 1.807) is 22.8 Å². The molecular formula is C14H13ClF3N3. The molecule has 0 spiro atoms. The van der Waals surface area contributed by atoms with Crippen LogP contribution in [0.3, 0.4) is 0 Å². The number of benzene rings is 1. The average Bonchev–Trinajstić information content (AvgIpc) is 2.97. The van der Waals surface area contributed by atoms with Crippen molar-refractivity contribution in [1.29, 1.82) is 0 Å². The number of hydrogen-bond donors (Lipinski definition) is 0. The van der Waals surface area contributed by atoms with E-state index in [4.69, 9.17) is 0 Å². The molecule has 3 nitrogen and oxygen atoms in total. The van der Waals surface area contributed by atoms with Gasteiger partial charge < -0.3 is 4.57 Å². The molecule has 0 unspecified atom stereocenters. The summed E-state index contributed by atoms with van der Waals surface area (Å²) in [7, 11) is 0. The molecular weight excluding hydrogens is 303 g/mol. The number of imidazole rings is 1. The SMILES string of the molecule is CCn1ccn2nc(-c3cccc(C(F)(F)F)c3)cc12.Cl. The summed E-state index contributed by atoms with van der Waals surface area (Å²) in [5.41, 5.74) is 1.20. The van der Waals surface area contributed by atoms with Crippen molar-refractivity contribution < 1.29 is 13.2 Å². The number of hydrogen-bond acceptors (Lipinski definition) is 1. The molecule has 0 bridgehead atoms. The summed E-state index contributed by atoms with van der Waals surface area (Å²) in [5, 5.41) is 4.30. The first kappa shape index (κ1) is 15.4. The minimum atomic E-state index is -4.34. The Balaban J connectivity index is 0.00000161. The molecule has 0 N–H and O–H groups in total. The fourth-order valence-electron chi connectivity index (χ4n) is 2.19. The van der Waals surface area contributed by atoms with E-state index in [-0.39, 0.29) is 12.4 Å². The molecule has 0 fully saturated rings. The summed E-state index contributed by atoms with van der Waals surface area (Å²) in [6.07, 6.45) is -0.665. The van der Waals surface area contributed by atoms with Crippen LogP contribution in [0.4, 0.5) is 13.2 Å². The van der Waals surface area contributed by atoms with Crippen molar-refractivity contribution in [3.63, 3.8) is 0 Å². The monoisotopic (exact) mass is 315 g/mol. The first-order chi connectivity index (χ1) is 9.49. The van der Waals surface area contributed by atoms with Gasteiger partial charge in [-0.3, -0.25) is 0 Å². The number of nitrogens with zero attached hydrogens (tertiary/aromatic N) is 3. The van der Waals surface area contributed by atoms with Gasteiger partial charge >= 0.3 is 6.18 Å². The van der Waals surface area contributed by atoms with Gasteiger partial charge in [0.1, 0.15) is 5.65 Å². The second kappa shape index (κ2) is 5.44. The normalized spacial score (nSPS) is 11.6. The van der Waals surface area contributed by atoms with Crippen LogP contribution in [0, 0.1) is 0 Å². The highest BCUT2D eigenvalue weighted by molar-refractivity contribution is 5.85. The maximum atomic E-state index is 12.7. The maximum Gasteiger partial charge on any atom is 0.416 e. The van der Waals surface area contributed by atoms with Crippen molar-refractivity contribution in [2.24, 2.45) is 0 Å². The zero-order valence-electron chi connectivity index (χ0n) is 11.1. The van der Waals surface area contributed by atoms with Crippen LogP contribution in [0.1, 0.15) is 12.5 Å². The van der Waals surface area contributed by atoms with E-state index < -0.39 is 11.7 Å². The van der Waals surface area contributed by atoms with Gasteiger partial charge in [-0.15, -0.1) is 12.4 Å². The van der Waals surface area contributed by atoms with Gasteiger partial charge in [-0.1, -0.05) is 12.1 Å². The summed E-state index contributed by atoms with van der Waals surface area (Å²) in [4.78, 5) is 0. The van der Waals surface area contributed by atoms with Crippen LogP contribution in [0.2, 0.25) is 0 Å². The fourth-order valence-corrected chi connectivity index (χ4v) is 2.19. The van der Waals surface area contributed by atoms with Gasteiger partial charge in [0.15, 0.2) is 0 Å². The van der Waals surface area contributed by atoms with Crippen LogP contribution >= 0.6 is 12.4 Å². The van der Waals surface area contributed by atoms with E-state index in [0.717, 1.165) is 24.3 Å². The van der Waals surface area contributed by atoms with Crippen molar-refractivity contribution in [1.82, 2.24) is 14.2 Å². The second-order valence-corrected chi connectivity index (χ2v) is 4.50. The molecule has 0 aliphatic rings. The Morgan fingerprint density at radius 3 is 2.57 bits per heavy atom. The molecule has 0 saturated heterocycles. The van der Waals surface area contributed by atoms with Gasteiger partial charge in [0, 0.05) is 30.6 Å². The molecule has 0 radical (unpaired) electrons. The Morgan fingerprint density at radius 2 is 1.90 bits per heavy atom. The number of rotatable bonds is 2. The molecule has 2 aromatic heterocycles. The summed E-state index contributed by atoms with van der Waals surface area (Å²) >= 11 is 0. The van der Waals surface area contributed by atoms with E-state index in [0.29, 0.717) is 11.3 Å². The third-order valence-electron chi connectivity index (χ3n) is 3.22. The topological polar surface area (TPSA) is 22.2 Å². The van der Waals surface area contributed by atoms with Crippen molar-refractivity contribution >= 4 is 18.1 Å². The summed E-state index contributed by atoms with van der Waals surface area (Å²) in [5.74, 6) is 0.